The highest BCUT2D eigenvalue weighted by atomic mass is 16.5. The van der Waals surface area contributed by atoms with E-state index < -0.39 is 17.0 Å². The van der Waals surface area contributed by atoms with Crippen molar-refractivity contribution in [2.24, 2.45) is 0 Å². The molecule has 0 saturated carbocycles. The fraction of sp³-hybridized carbons (Fsp3) is 0.125. The maximum absolute atomic E-state index is 12.6. The summed E-state index contributed by atoms with van der Waals surface area (Å²) >= 11 is 0. The van der Waals surface area contributed by atoms with E-state index in [4.69, 9.17) is 9.47 Å². The van der Waals surface area contributed by atoms with Crippen LogP contribution in [0.15, 0.2) is 76.3 Å². The molecular formula is C24H21N3O5. The molecule has 0 bridgehead atoms. The van der Waals surface area contributed by atoms with E-state index in [0.29, 0.717) is 11.4 Å². The summed E-state index contributed by atoms with van der Waals surface area (Å²) < 4.78 is 11.7. The summed E-state index contributed by atoms with van der Waals surface area (Å²) in [4.78, 5) is 37.5. The van der Waals surface area contributed by atoms with Crippen LogP contribution in [0.1, 0.15) is 0 Å². The predicted octanol–water partition coefficient (Wildman–Crippen LogP) is 3.01. The zero-order valence-corrected chi connectivity index (χ0v) is 17.5. The Morgan fingerprint density at radius 3 is 2.34 bits per heavy atom. The lowest BCUT2D eigenvalue weighted by atomic mass is 10.0. The molecule has 1 amide bonds. The zero-order valence-electron chi connectivity index (χ0n) is 17.5. The van der Waals surface area contributed by atoms with Gasteiger partial charge in [0, 0.05) is 11.3 Å². The molecule has 32 heavy (non-hydrogen) atoms. The number of rotatable bonds is 6. The topological polar surface area (TPSA) is 102 Å². The molecule has 0 aliphatic heterocycles. The number of nitrogens with one attached hydrogen (secondary N) is 2. The van der Waals surface area contributed by atoms with E-state index in [0.717, 1.165) is 21.6 Å². The molecule has 4 rings (SSSR count). The zero-order chi connectivity index (χ0) is 22.7. The van der Waals surface area contributed by atoms with Crippen LogP contribution < -0.4 is 25.9 Å². The molecule has 0 radical (unpaired) electrons. The summed E-state index contributed by atoms with van der Waals surface area (Å²) in [7, 11) is 3.17. The molecule has 0 spiro atoms. The normalized spacial score (nSPS) is 10.7. The van der Waals surface area contributed by atoms with Crippen molar-refractivity contribution in [3.8, 4) is 22.6 Å². The van der Waals surface area contributed by atoms with E-state index in [9.17, 15) is 14.4 Å². The van der Waals surface area contributed by atoms with Gasteiger partial charge in [0.25, 0.3) is 11.1 Å². The lowest BCUT2D eigenvalue weighted by Crippen LogP contribution is -2.34. The second kappa shape index (κ2) is 8.81. The number of carbonyl (C=O) groups is 1. The van der Waals surface area contributed by atoms with Crippen molar-refractivity contribution in [1.29, 1.82) is 0 Å². The van der Waals surface area contributed by atoms with Gasteiger partial charge in [-0.05, 0) is 48.0 Å². The lowest BCUT2D eigenvalue weighted by molar-refractivity contribution is -0.117. The smallest absolute Gasteiger partial charge is 0.273 e. The summed E-state index contributed by atoms with van der Waals surface area (Å²) in [5, 5.41) is 5.77. The third-order valence-corrected chi connectivity index (χ3v) is 5.07. The lowest BCUT2D eigenvalue weighted by Gasteiger charge is -2.13. The van der Waals surface area contributed by atoms with Crippen LogP contribution >= 0.6 is 0 Å². The third-order valence-electron chi connectivity index (χ3n) is 5.07. The SMILES string of the molecule is COc1ccc(-c2cc(NC(=O)Cn3[nH]c(=O)c4ccccc4c3=O)ccc2OC)cc1. The van der Waals surface area contributed by atoms with Crippen LogP contribution in [-0.4, -0.2) is 29.9 Å². The number of hydrogen-bond donors (Lipinski definition) is 2. The van der Waals surface area contributed by atoms with Crippen molar-refractivity contribution in [3.63, 3.8) is 0 Å². The minimum atomic E-state index is -0.455. The highest BCUT2D eigenvalue weighted by Gasteiger charge is 2.12. The molecule has 0 atom stereocenters. The molecule has 8 heteroatoms. The molecule has 4 aromatic rings. The fourth-order valence-corrected chi connectivity index (χ4v) is 3.48. The monoisotopic (exact) mass is 431 g/mol. The summed E-state index contributed by atoms with van der Waals surface area (Å²) in [5.41, 5.74) is 1.32. The highest BCUT2D eigenvalue weighted by molar-refractivity contribution is 5.92. The van der Waals surface area contributed by atoms with Crippen LogP contribution in [0.2, 0.25) is 0 Å². The number of amides is 1. The van der Waals surface area contributed by atoms with Crippen molar-refractivity contribution in [2.45, 2.75) is 6.54 Å². The predicted molar refractivity (Wildman–Crippen MR) is 122 cm³/mol. The molecule has 162 valence electrons. The Labute approximate surface area is 183 Å². The first-order chi connectivity index (χ1) is 15.5. The molecule has 1 aromatic heterocycles. The number of aromatic nitrogens is 2. The number of carbonyl (C=O) groups excluding carboxylic acids is 1. The van der Waals surface area contributed by atoms with Gasteiger partial charge < -0.3 is 14.8 Å². The average molecular weight is 431 g/mol. The van der Waals surface area contributed by atoms with Gasteiger partial charge in [0.15, 0.2) is 0 Å². The number of ether oxygens (including phenoxy) is 2. The third kappa shape index (κ3) is 4.11. The van der Waals surface area contributed by atoms with Crippen LogP contribution in [0.4, 0.5) is 5.69 Å². The molecule has 0 fully saturated rings. The fourth-order valence-electron chi connectivity index (χ4n) is 3.48. The number of aromatic amines is 1. The second-order valence-corrected chi connectivity index (χ2v) is 7.07. The van der Waals surface area contributed by atoms with Crippen molar-refractivity contribution >= 4 is 22.4 Å². The first-order valence-electron chi connectivity index (χ1n) is 9.84. The summed E-state index contributed by atoms with van der Waals surface area (Å²) in [6.45, 7) is -0.331. The maximum atomic E-state index is 12.6. The Kier molecular flexibility index (Phi) is 5.76. The number of nitrogens with zero attached hydrogens (tertiary/aromatic N) is 1. The van der Waals surface area contributed by atoms with E-state index in [1.807, 2.05) is 24.3 Å². The molecule has 0 saturated heterocycles. The van der Waals surface area contributed by atoms with Crippen LogP contribution in [0.5, 0.6) is 11.5 Å². The number of fused-ring (bicyclic) bond motifs is 1. The minimum absolute atomic E-state index is 0.260. The van der Waals surface area contributed by atoms with Gasteiger partial charge in [-0.15, -0.1) is 0 Å². The van der Waals surface area contributed by atoms with Crippen LogP contribution in [0.25, 0.3) is 21.9 Å². The largest absolute Gasteiger partial charge is 0.497 e. The summed E-state index contributed by atoms with van der Waals surface area (Å²) in [6.07, 6.45) is 0. The molecule has 1 heterocycles. The molecule has 0 unspecified atom stereocenters. The van der Waals surface area contributed by atoms with Gasteiger partial charge in [-0.1, -0.05) is 24.3 Å². The second-order valence-electron chi connectivity index (χ2n) is 7.07. The first kappa shape index (κ1) is 20.9. The average Bonchev–Trinajstić information content (AvgIpc) is 2.82. The number of anilines is 1. The summed E-state index contributed by atoms with van der Waals surface area (Å²) in [5.74, 6) is 0.916. The van der Waals surface area contributed by atoms with Gasteiger partial charge in [0.05, 0.1) is 25.0 Å². The number of H-pyrrole nitrogens is 1. The molecule has 0 aliphatic rings. The first-order valence-corrected chi connectivity index (χ1v) is 9.84. The van der Waals surface area contributed by atoms with Crippen LogP contribution in [0, 0.1) is 0 Å². The maximum Gasteiger partial charge on any atom is 0.273 e. The van der Waals surface area contributed by atoms with E-state index in [2.05, 4.69) is 10.4 Å². The Balaban J connectivity index is 1.60. The Bertz CT molecular complexity index is 1400. The van der Waals surface area contributed by atoms with Crippen molar-refractivity contribution in [2.75, 3.05) is 19.5 Å². The summed E-state index contributed by atoms with van der Waals surface area (Å²) in [6, 6.07) is 19.2. The van der Waals surface area contributed by atoms with Crippen LogP contribution in [-0.2, 0) is 11.3 Å². The van der Waals surface area contributed by atoms with Gasteiger partial charge in [0.1, 0.15) is 18.0 Å². The van der Waals surface area contributed by atoms with Gasteiger partial charge in [-0.3, -0.25) is 19.5 Å². The highest BCUT2D eigenvalue weighted by Crippen LogP contribution is 2.33. The van der Waals surface area contributed by atoms with E-state index in [-0.39, 0.29) is 17.3 Å². The Morgan fingerprint density at radius 1 is 0.938 bits per heavy atom. The minimum Gasteiger partial charge on any atom is -0.497 e. The van der Waals surface area contributed by atoms with Gasteiger partial charge in [-0.25, -0.2) is 4.68 Å². The van der Waals surface area contributed by atoms with E-state index in [1.165, 1.54) is 0 Å². The Hall–Kier alpha value is -4.33. The van der Waals surface area contributed by atoms with Gasteiger partial charge in [-0.2, -0.15) is 0 Å². The van der Waals surface area contributed by atoms with Gasteiger partial charge >= 0.3 is 0 Å². The van der Waals surface area contributed by atoms with E-state index in [1.54, 1.807) is 56.7 Å². The molecule has 0 aliphatic carbocycles. The van der Waals surface area contributed by atoms with Crippen molar-refractivity contribution in [1.82, 2.24) is 9.78 Å². The van der Waals surface area contributed by atoms with Crippen LogP contribution in [0.3, 0.4) is 0 Å². The number of benzene rings is 3. The quantitative estimate of drug-likeness (QED) is 0.489. The van der Waals surface area contributed by atoms with Gasteiger partial charge in [0.2, 0.25) is 5.91 Å². The standard InChI is InChI=1S/C24H21N3O5/c1-31-17-10-7-15(8-11-17)20-13-16(9-12-21(20)32-2)25-22(28)14-27-24(30)19-6-4-3-5-18(19)23(29)26-27/h3-13H,14H2,1-2H3,(H,25,28)(H,26,29). The van der Waals surface area contributed by atoms with Crippen molar-refractivity contribution < 1.29 is 14.3 Å². The molecule has 8 nitrogen and oxygen atoms in total. The van der Waals surface area contributed by atoms with E-state index >= 15 is 0 Å². The molecule has 2 N–H and O–H groups in total. The Morgan fingerprint density at radius 2 is 1.66 bits per heavy atom. The molecular weight excluding hydrogens is 410 g/mol. The molecule has 3 aromatic carbocycles. The van der Waals surface area contributed by atoms with Crippen molar-refractivity contribution in [3.05, 3.63) is 87.4 Å². The number of hydrogen-bond acceptors (Lipinski definition) is 5. The number of methoxy groups -OCH3 is 2.